The van der Waals surface area contributed by atoms with Crippen LogP contribution in [0.1, 0.15) is 11.1 Å². The molecule has 0 fully saturated rings. The number of halogens is 4. The third-order valence-corrected chi connectivity index (χ3v) is 1.41. The molecular weight excluding hydrogens is 186 g/mol. The molecule has 0 aliphatic carbocycles. The summed E-state index contributed by atoms with van der Waals surface area (Å²) in [4.78, 5) is 0. The van der Waals surface area contributed by atoms with Gasteiger partial charge in [-0.3, -0.25) is 0 Å². The van der Waals surface area contributed by atoms with Gasteiger partial charge in [0.15, 0.2) is 0 Å². The molecule has 0 unspecified atom stereocenters. The van der Waals surface area contributed by atoms with Gasteiger partial charge in [-0.25, -0.2) is 4.39 Å². The molecule has 0 aromatic heterocycles. The highest BCUT2D eigenvalue weighted by Crippen LogP contribution is 2.29. The number of benzene rings is 1. The lowest BCUT2D eigenvalue weighted by Crippen LogP contribution is -2.06. The van der Waals surface area contributed by atoms with E-state index in [-0.39, 0.29) is 5.56 Å². The monoisotopic (exact) mass is 191 g/mol. The summed E-state index contributed by atoms with van der Waals surface area (Å²) in [6.07, 6.45) is -3.90. The summed E-state index contributed by atoms with van der Waals surface area (Å²) in [5, 5.41) is 6.68. The first-order valence-electron chi connectivity index (χ1n) is 3.32. The SMILES string of the molecule is N=Cc1cc(F)cc(C(F)(F)F)c1. The fraction of sp³-hybridized carbons (Fsp3) is 0.125. The van der Waals surface area contributed by atoms with Crippen LogP contribution in [0.4, 0.5) is 17.6 Å². The van der Waals surface area contributed by atoms with Crippen molar-refractivity contribution < 1.29 is 17.6 Å². The highest BCUT2D eigenvalue weighted by Gasteiger charge is 2.31. The van der Waals surface area contributed by atoms with Crippen molar-refractivity contribution >= 4 is 6.21 Å². The fourth-order valence-corrected chi connectivity index (χ4v) is 0.859. The van der Waals surface area contributed by atoms with Crippen LogP contribution in [0, 0.1) is 11.2 Å². The zero-order valence-corrected chi connectivity index (χ0v) is 6.32. The zero-order chi connectivity index (χ0) is 10.1. The number of nitrogens with one attached hydrogen (secondary N) is 1. The van der Waals surface area contributed by atoms with Crippen molar-refractivity contribution in [3.8, 4) is 0 Å². The molecule has 0 heterocycles. The molecule has 0 aliphatic rings. The Morgan fingerprint density at radius 2 is 1.77 bits per heavy atom. The highest BCUT2D eigenvalue weighted by molar-refractivity contribution is 5.77. The van der Waals surface area contributed by atoms with Crippen molar-refractivity contribution in [2.24, 2.45) is 0 Å². The van der Waals surface area contributed by atoms with E-state index in [1.807, 2.05) is 0 Å². The summed E-state index contributed by atoms with van der Waals surface area (Å²) in [6.45, 7) is 0. The van der Waals surface area contributed by atoms with Gasteiger partial charge in [0.2, 0.25) is 0 Å². The molecule has 70 valence electrons. The van der Waals surface area contributed by atoms with Crippen molar-refractivity contribution in [1.29, 1.82) is 5.41 Å². The molecule has 0 radical (unpaired) electrons. The molecule has 1 aromatic rings. The third-order valence-electron chi connectivity index (χ3n) is 1.41. The molecule has 0 saturated heterocycles. The van der Waals surface area contributed by atoms with Crippen LogP contribution in [0.2, 0.25) is 0 Å². The van der Waals surface area contributed by atoms with Crippen LogP contribution in [0.5, 0.6) is 0 Å². The second-order valence-electron chi connectivity index (χ2n) is 2.42. The number of alkyl halides is 3. The molecule has 0 amide bonds. The average Bonchev–Trinajstić information content (AvgIpc) is 2.01. The van der Waals surface area contributed by atoms with Gasteiger partial charge in [-0.15, -0.1) is 0 Å². The molecule has 1 rings (SSSR count). The second kappa shape index (κ2) is 3.16. The maximum atomic E-state index is 12.5. The lowest BCUT2D eigenvalue weighted by Gasteiger charge is -2.06. The lowest BCUT2D eigenvalue weighted by molar-refractivity contribution is -0.137. The Morgan fingerprint density at radius 1 is 1.15 bits per heavy atom. The summed E-state index contributed by atoms with van der Waals surface area (Å²) in [5.74, 6) is -0.992. The lowest BCUT2D eigenvalue weighted by atomic mass is 10.1. The van der Waals surface area contributed by atoms with Gasteiger partial charge in [-0.1, -0.05) is 0 Å². The predicted molar refractivity (Wildman–Crippen MR) is 39.3 cm³/mol. The van der Waals surface area contributed by atoms with Crippen molar-refractivity contribution in [2.75, 3.05) is 0 Å². The van der Waals surface area contributed by atoms with Crippen molar-refractivity contribution in [3.05, 3.63) is 35.1 Å². The minimum absolute atomic E-state index is 0.104. The van der Waals surface area contributed by atoms with E-state index in [1.54, 1.807) is 0 Å². The van der Waals surface area contributed by atoms with E-state index >= 15 is 0 Å². The average molecular weight is 191 g/mol. The van der Waals surface area contributed by atoms with Crippen LogP contribution >= 0.6 is 0 Å². The molecule has 0 atom stereocenters. The van der Waals surface area contributed by atoms with Gasteiger partial charge in [0.05, 0.1) is 5.56 Å². The topological polar surface area (TPSA) is 23.9 Å². The van der Waals surface area contributed by atoms with Crippen molar-refractivity contribution in [3.63, 3.8) is 0 Å². The molecule has 0 spiro atoms. The molecule has 0 saturated carbocycles. The van der Waals surface area contributed by atoms with E-state index in [2.05, 4.69) is 0 Å². The second-order valence-corrected chi connectivity index (χ2v) is 2.42. The van der Waals surface area contributed by atoms with Crippen LogP contribution in [0.25, 0.3) is 0 Å². The van der Waals surface area contributed by atoms with Gasteiger partial charge in [0, 0.05) is 6.21 Å². The molecule has 0 bridgehead atoms. The maximum Gasteiger partial charge on any atom is 0.416 e. The van der Waals surface area contributed by atoms with E-state index in [4.69, 9.17) is 5.41 Å². The van der Waals surface area contributed by atoms with Gasteiger partial charge in [0.1, 0.15) is 5.82 Å². The van der Waals surface area contributed by atoms with Crippen LogP contribution in [0.3, 0.4) is 0 Å². The summed E-state index contributed by atoms with van der Waals surface area (Å²) in [7, 11) is 0. The van der Waals surface area contributed by atoms with E-state index in [0.29, 0.717) is 12.3 Å². The Kier molecular flexibility index (Phi) is 2.36. The predicted octanol–water partition coefficient (Wildman–Crippen LogP) is 2.84. The smallest absolute Gasteiger partial charge is 0.308 e. The van der Waals surface area contributed by atoms with Crippen LogP contribution < -0.4 is 0 Å². The maximum absolute atomic E-state index is 12.5. The molecular formula is C8H5F4N. The van der Waals surface area contributed by atoms with Crippen LogP contribution in [-0.2, 0) is 6.18 Å². The quantitative estimate of drug-likeness (QED) is 0.521. The summed E-state index contributed by atoms with van der Waals surface area (Å²) in [6, 6.07) is 1.98. The Labute approximate surface area is 71.5 Å². The minimum atomic E-state index is -4.57. The first-order valence-corrected chi connectivity index (χ1v) is 3.32. The van der Waals surface area contributed by atoms with Gasteiger partial charge in [-0.05, 0) is 23.8 Å². The minimum Gasteiger partial charge on any atom is -0.308 e. The molecule has 1 nitrogen and oxygen atoms in total. The molecule has 1 N–H and O–H groups in total. The highest BCUT2D eigenvalue weighted by atomic mass is 19.4. The van der Waals surface area contributed by atoms with E-state index < -0.39 is 17.6 Å². The molecule has 1 aromatic carbocycles. The Hall–Kier alpha value is -1.39. The zero-order valence-electron chi connectivity index (χ0n) is 6.32. The summed E-state index contributed by atoms with van der Waals surface area (Å²) < 4.78 is 48.7. The van der Waals surface area contributed by atoms with Gasteiger partial charge >= 0.3 is 6.18 Å². The fourth-order valence-electron chi connectivity index (χ4n) is 0.859. The van der Waals surface area contributed by atoms with Gasteiger partial charge < -0.3 is 5.41 Å². The Bertz CT molecular complexity index is 329. The van der Waals surface area contributed by atoms with Gasteiger partial charge in [-0.2, -0.15) is 13.2 Å². The largest absolute Gasteiger partial charge is 0.416 e. The van der Waals surface area contributed by atoms with Crippen LogP contribution in [-0.4, -0.2) is 6.21 Å². The third kappa shape index (κ3) is 2.27. The normalized spacial score (nSPS) is 11.4. The van der Waals surface area contributed by atoms with Crippen molar-refractivity contribution in [1.82, 2.24) is 0 Å². The number of hydrogen-bond donors (Lipinski definition) is 1. The standard InChI is InChI=1S/C8H5F4N/c9-7-2-5(4-13)1-6(3-7)8(10,11)12/h1-4,13H. The van der Waals surface area contributed by atoms with E-state index in [0.717, 1.165) is 12.1 Å². The molecule has 5 heteroatoms. The summed E-state index contributed by atoms with van der Waals surface area (Å²) >= 11 is 0. The number of rotatable bonds is 1. The van der Waals surface area contributed by atoms with Gasteiger partial charge in [0.25, 0.3) is 0 Å². The van der Waals surface area contributed by atoms with E-state index in [9.17, 15) is 17.6 Å². The Balaban J connectivity index is 3.24. The summed E-state index contributed by atoms with van der Waals surface area (Å²) in [5.41, 5.74) is -1.18. The molecule has 13 heavy (non-hydrogen) atoms. The van der Waals surface area contributed by atoms with Crippen molar-refractivity contribution in [2.45, 2.75) is 6.18 Å². The molecule has 0 aliphatic heterocycles. The first-order chi connectivity index (χ1) is 5.93. The van der Waals surface area contributed by atoms with Crippen LogP contribution in [0.15, 0.2) is 18.2 Å². The Morgan fingerprint density at radius 3 is 2.23 bits per heavy atom. The number of hydrogen-bond acceptors (Lipinski definition) is 1. The first kappa shape index (κ1) is 9.70. The van der Waals surface area contributed by atoms with E-state index in [1.165, 1.54) is 0 Å².